The zero-order valence-corrected chi connectivity index (χ0v) is 45.8. The molecule has 4 amide bonds. The van der Waals surface area contributed by atoms with Gasteiger partial charge >= 0.3 is 0 Å². The summed E-state index contributed by atoms with van der Waals surface area (Å²) in [5.74, 6) is -1.02. The zero-order chi connectivity index (χ0) is 54.5. The topological polar surface area (TPSA) is 201 Å². The Bertz CT molecular complexity index is 3000. The Kier molecular flexibility index (Phi) is 19.1. The SMILES string of the molecule is Cc1ncsc1-c1ccc(CNC(=O)[C@@H]2C[C@@H](O)CN2C(=O)[C@@H](NC(=O)C2(F)CC2)C(C)(C)C)c(OCCCCCCCCCCCNC(=O)c2cncc(Nc3ncc(Cl)c(-c4cccc(-c5ccccc5)c4)n3)c2)c1. The Hall–Kier alpha value is -6.82. The maximum atomic E-state index is 14.7. The largest absolute Gasteiger partial charge is 0.493 e. The predicted octanol–water partition coefficient (Wildman–Crippen LogP) is 11.0. The van der Waals surface area contributed by atoms with Gasteiger partial charge in [-0.1, -0.05) is 138 Å². The van der Waals surface area contributed by atoms with Gasteiger partial charge in [0.05, 0.1) is 63.2 Å². The van der Waals surface area contributed by atoms with E-state index >= 15 is 0 Å². The second-order valence-corrected chi connectivity index (χ2v) is 22.4. The van der Waals surface area contributed by atoms with E-state index < -0.39 is 47.0 Å². The van der Waals surface area contributed by atoms with Gasteiger partial charge in [0.15, 0.2) is 5.67 Å². The lowest BCUT2D eigenvalue weighted by Gasteiger charge is -2.35. The van der Waals surface area contributed by atoms with E-state index in [-0.39, 0.29) is 38.3 Å². The third-order valence-electron chi connectivity index (χ3n) is 14.0. The van der Waals surface area contributed by atoms with E-state index in [1.54, 1.807) is 62.3 Å². The molecule has 3 aromatic carbocycles. The molecule has 2 aliphatic rings. The Labute approximate surface area is 459 Å². The molecule has 77 heavy (non-hydrogen) atoms. The Morgan fingerprint density at radius 3 is 2.27 bits per heavy atom. The average molecular weight is 1090 g/mol. The molecule has 5 N–H and O–H groups in total. The number of alkyl halides is 1. The number of hydrogen-bond acceptors (Lipinski definition) is 12. The van der Waals surface area contributed by atoms with Crippen molar-refractivity contribution in [2.24, 2.45) is 5.41 Å². The van der Waals surface area contributed by atoms with Crippen LogP contribution in [0.4, 0.5) is 16.0 Å². The Morgan fingerprint density at radius 2 is 1.56 bits per heavy atom. The van der Waals surface area contributed by atoms with Crippen molar-refractivity contribution in [1.29, 1.82) is 0 Å². The third-order valence-corrected chi connectivity index (χ3v) is 15.2. The van der Waals surface area contributed by atoms with Crippen LogP contribution in [0.25, 0.3) is 32.8 Å². The van der Waals surface area contributed by atoms with Crippen LogP contribution in [0.15, 0.2) is 103 Å². The van der Waals surface area contributed by atoms with Crippen LogP contribution in [-0.4, -0.2) is 97.1 Å². The molecule has 0 radical (unpaired) electrons. The van der Waals surface area contributed by atoms with Crippen LogP contribution in [0.1, 0.15) is 119 Å². The molecule has 0 unspecified atom stereocenters. The number of thiazole rings is 1. The van der Waals surface area contributed by atoms with Gasteiger partial charge in [0, 0.05) is 43.4 Å². The average Bonchev–Trinajstić information content (AvgIpc) is 3.83. The number of unbranched alkanes of at least 4 members (excludes halogenated alkanes) is 8. The molecule has 0 spiro atoms. The van der Waals surface area contributed by atoms with Gasteiger partial charge in [-0.25, -0.2) is 19.3 Å². The van der Waals surface area contributed by atoms with Crippen molar-refractivity contribution in [1.82, 2.24) is 40.8 Å². The van der Waals surface area contributed by atoms with Crippen LogP contribution in [0.3, 0.4) is 0 Å². The van der Waals surface area contributed by atoms with Crippen molar-refractivity contribution in [2.45, 2.75) is 135 Å². The quantitative estimate of drug-likeness (QED) is 0.0342. The highest BCUT2D eigenvalue weighted by molar-refractivity contribution is 7.13. The van der Waals surface area contributed by atoms with Crippen LogP contribution in [0, 0.1) is 12.3 Å². The van der Waals surface area contributed by atoms with Crippen LogP contribution in [0.2, 0.25) is 5.02 Å². The standard InChI is InChI=1S/C59H69ClFN9O6S/c1-38-51(77-37-66-38)42-22-23-43(33-64-54(73)48-31-46(71)36-70(48)55(74)52(58(2,3)4)69-56(75)59(61)24-25-59)49(30-42)76-27-16-11-9-7-5-6-8-10-15-26-63-53(72)44-29-45(34-62-32-44)67-57-65-35-47(60)50(68-57)41-21-17-20-40(28-41)39-18-13-12-14-19-39/h12-14,17-23,28-30,32,34-35,37,46,48,52,71H,5-11,15-16,24-27,31,33,36H2,1-4H3,(H,63,72)(H,64,73)(H,69,75)(H,65,67,68)/t46-,48+,52-/m1/s1. The van der Waals surface area contributed by atoms with Crippen molar-refractivity contribution < 1.29 is 33.4 Å². The summed E-state index contributed by atoms with van der Waals surface area (Å²) in [7, 11) is 0. The summed E-state index contributed by atoms with van der Waals surface area (Å²) in [5, 5.41) is 22.9. The maximum Gasteiger partial charge on any atom is 0.258 e. The smallest absolute Gasteiger partial charge is 0.258 e. The van der Waals surface area contributed by atoms with Gasteiger partial charge in [-0.15, -0.1) is 11.3 Å². The van der Waals surface area contributed by atoms with Gasteiger partial charge < -0.3 is 36.0 Å². The highest BCUT2D eigenvalue weighted by atomic mass is 35.5. The number of aliphatic hydroxyl groups is 1. The minimum absolute atomic E-state index is 0.0369. The molecule has 3 atom stereocenters. The Balaban J connectivity index is 0.733. The number of likely N-dealkylation sites (tertiary alicyclic amines) is 1. The van der Waals surface area contributed by atoms with E-state index in [0.29, 0.717) is 46.8 Å². The van der Waals surface area contributed by atoms with E-state index in [9.17, 15) is 28.7 Å². The van der Waals surface area contributed by atoms with E-state index in [0.717, 1.165) is 96.2 Å². The van der Waals surface area contributed by atoms with Crippen LogP contribution < -0.4 is 26.0 Å². The number of carbonyl (C=O) groups excluding carboxylic acids is 4. The molecule has 0 bridgehead atoms. The first-order valence-corrected chi connectivity index (χ1v) is 27.9. The van der Waals surface area contributed by atoms with Crippen LogP contribution >= 0.6 is 22.9 Å². The molecular weight excluding hydrogens is 1020 g/mol. The summed E-state index contributed by atoms with van der Waals surface area (Å²) in [6, 6.07) is 23.7. The second kappa shape index (κ2) is 26.0. The summed E-state index contributed by atoms with van der Waals surface area (Å²) in [5.41, 5.74) is 6.28. The van der Waals surface area contributed by atoms with Gasteiger partial charge in [0.25, 0.3) is 11.8 Å². The first-order valence-electron chi connectivity index (χ1n) is 26.7. The number of aliphatic hydroxyl groups excluding tert-OH is 1. The van der Waals surface area contributed by atoms with Crippen molar-refractivity contribution in [3.63, 3.8) is 0 Å². The van der Waals surface area contributed by atoms with Crippen molar-refractivity contribution in [2.75, 3.05) is 25.0 Å². The number of rotatable bonds is 25. The van der Waals surface area contributed by atoms with Gasteiger partial charge in [-0.05, 0) is 72.9 Å². The molecule has 8 rings (SSSR count). The summed E-state index contributed by atoms with van der Waals surface area (Å²) in [6.07, 6.45) is 13.3. The first-order chi connectivity index (χ1) is 37.1. The van der Waals surface area contributed by atoms with E-state index in [2.05, 4.69) is 48.4 Å². The number of nitrogens with zero attached hydrogens (tertiary/aromatic N) is 5. The summed E-state index contributed by atoms with van der Waals surface area (Å²) >= 11 is 8.11. The highest BCUT2D eigenvalue weighted by Crippen LogP contribution is 2.41. The number of benzene rings is 3. The maximum absolute atomic E-state index is 14.7. The lowest BCUT2D eigenvalue weighted by Crippen LogP contribution is -2.59. The molecule has 18 heteroatoms. The van der Waals surface area contributed by atoms with Gasteiger partial charge in [0.2, 0.25) is 17.8 Å². The number of aryl methyl sites for hydroxylation is 1. The predicted molar refractivity (Wildman–Crippen MR) is 300 cm³/mol. The molecule has 2 fully saturated rings. The van der Waals surface area contributed by atoms with E-state index in [1.807, 2.05) is 67.6 Å². The molecule has 1 aliphatic carbocycles. The fraction of sp³-hybridized carbons (Fsp3) is 0.424. The normalized spacial score (nSPS) is 16.1. The Morgan fingerprint density at radius 1 is 0.844 bits per heavy atom. The summed E-state index contributed by atoms with van der Waals surface area (Å²) in [6.45, 7) is 8.38. The van der Waals surface area contributed by atoms with E-state index in [1.165, 1.54) is 4.90 Å². The molecule has 406 valence electrons. The van der Waals surface area contributed by atoms with Crippen molar-refractivity contribution in [3.8, 4) is 38.6 Å². The summed E-state index contributed by atoms with van der Waals surface area (Å²) in [4.78, 5) is 73.6. The molecule has 6 aromatic rings. The lowest BCUT2D eigenvalue weighted by atomic mass is 9.85. The van der Waals surface area contributed by atoms with Gasteiger partial charge in [-0.2, -0.15) is 0 Å². The monoisotopic (exact) mass is 1090 g/mol. The van der Waals surface area contributed by atoms with Crippen LogP contribution in [-0.2, 0) is 20.9 Å². The molecule has 3 aromatic heterocycles. The van der Waals surface area contributed by atoms with Crippen molar-refractivity contribution in [3.05, 3.63) is 125 Å². The number of ether oxygens (including phenoxy) is 1. The third kappa shape index (κ3) is 15.2. The second-order valence-electron chi connectivity index (χ2n) is 21.2. The number of amides is 4. The molecular formula is C59H69ClFN9O6S. The first kappa shape index (κ1) is 56.4. The number of nitrogens with one attached hydrogen (secondary N) is 4. The van der Waals surface area contributed by atoms with Crippen molar-refractivity contribution >= 4 is 58.2 Å². The number of hydrogen-bond donors (Lipinski definition) is 5. The molecule has 1 aliphatic heterocycles. The lowest BCUT2D eigenvalue weighted by molar-refractivity contribution is -0.145. The van der Waals surface area contributed by atoms with Crippen LogP contribution in [0.5, 0.6) is 5.75 Å². The number of carbonyl (C=O) groups is 4. The minimum Gasteiger partial charge on any atom is -0.493 e. The fourth-order valence-electron chi connectivity index (χ4n) is 9.39. The van der Waals surface area contributed by atoms with Gasteiger partial charge in [0.1, 0.15) is 17.8 Å². The number of aromatic nitrogens is 4. The van der Waals surface area contributed by atoms with E-state index in [4.69, 9.17) is 21.3 Å². The number of pyridine rings is 1. The number of halogens is 2. The number of anilines is 2. The zero-order valence-electron chi connectivity index (χ0n) is 44.2. The molecule has 1 saturated carbocycles. The number of β-amino-alcohol motifs (C(OH)–C–C–N with tert-alkyl or cyclic N) is 1. The minimum atomic E-state index is -1.97. The van der Waals surface area contributed by atoms with Gasteiger partial charge in [-0.3, -0.25) is 24.2 Å². The molecule has 1 saturated heterocycles. The molecule has 4 heterocycles. The summed E-state index contributed by atoms with van der Waals surface area (Å²) < 4.78 is 21.1. The highest BCUT2D eigenvalue weighted by Gasteiger charge is 2.53. The fourth-order valence-corrected chi connectivity index (χ4v) is 10.4. The molecule has 15 nitrogen and oxygen atoms in total.